The predicted octanol–water partition coefficient (Wildman–Crippen LogP) is 1.70. The Morgan fingerprint density at radius 1 is 1.40 bits per heavy atom. The van der Waals surface area contributed by atoms with Gasteiger partial charge in [0.2, 0.25) is 5.95 Å². The maximum absolute atomic E-state index is 4.35. The van der Waals surface area contributed by atoms with Gasteiger partial charge in [0.25, 0.3) is 0 Å². The summed E-state index contributed by atoms with van der Waals surface area (Å²) >= 11 is 1.49. The number of hydrogen-bond acceptors (Lipinski definition) is 5. The van der Waals surface area contributed by atoms with E-state index in [9.17, 15) is 0 Å². The molecule has 78 valence electrons. The van der Waals surface area contributed by atoms with Crippen molar-refractivity contribution in [1.29, 1.82) is 0 Å². The molecule has 2 aromatic rings. The largest absolute Gasteiger partial charge is 0.357 e. The summed E-state index contributed by atoms with van der Waals surface area (Å²) < 4.78 is 0. The Hall–Kier alpha value is -1.56. The van der Waals surface area contributed by atoms with Crippen molar-refractivity contribution in [3.8, 4) is 0 Å². The number of H-pyrrole nitrogens is 1. The van der Waals surface area contributed by atoms with Gasteiger partial charge in [-0.05, 0) is 18.7 Å². The molecule has 0 aliphatic carbocycles. The number of nitrogens with one attached hydrogen (secondary N) is 2. The van der Waals surface area contributed by atoms with Crippen LogP contribution in [0.1, 0.15) is 5.56 Å². The van der Waals surface area contributed by atoms with Gasteiger partial charge in [-0.3, -0.25) is 0 Å². The maximum atomic E-state index is 4.35. The fourth-order valence-electron chi connectivity index (χ4n) is 1.05. The Morgan fingerprint density at radius 2 is 2.27 bits per heavy atom. The first-order valence-electron chi connectivity index (χ1n) is 4.48. The summed E-state index contributed by atoms with van der Waals surface area (Å²) in [5.74, 6) is 0.620. The minimum absolute atomic E-state index is 0.620. The van der Waals surface area contributed by atoms with E-state index in [1.807, 2.05) is 6.92 Å². The highest BCUT2D eigenvalue weighted by molar-refractivity contribution is 7.99. The molecule has 0 aliphatic heterocycles. The van der Waals surface area contributed by atoms with Crippen molar-refractivity contribution in [3.63, 3.8) is 0 Å². The Morgan fingerprint density at radius 3 is 2.93 bits per heavy atom. The molecule has 5 nitrogen and oxygen atoms in total. The highest BCUT2D eigenvalue weighted by atomic mass is 32.2. The molecular formula is C9H11N5S. The number of aromatic amines is 1. The molecule has 15 heavy (non-hydrogen) atoms. The maximum Gasteiger partial charge on any atom is 0.223 e. The van der Waals surface area contributed by atoms with Crippen LogP contribution in [0.3, 0.4) is 0 Å². The van der Waals surface area contributed by atoms with Gasteiger partial charge in [0.05, 0.1) is 0 Å². The smallest absolute Gasteiger partial charge is 0.223 e. The summed E-state index contributed by atoms with van der Waals surface area (Å²) in [5.41, 5.74) is 1.04. The van der Waals surface area contributed by atoms with E-state index in [0.717, 1.165) is 15.7 Å². The van der Waals surface area contributed by atoms with Gasteiger partial charge in [-0.15, -0.1) is 0 Å². The minimum Gasteiger partial charge on any atom is -0.357 e. The molecule has 0 saturated carbocycles. The average molecular weight is 221 g/mol. The van der Waals surface area contributed by atoms with Gasteiger partial charge in [0.15, 0.2) is 5.16 Å². The molecule has 0 aromatic carbocycles. The second-order valence-electron chi connectivity index (χ2n) is 2.93. The van der Waals surface area contributed by atoms with Gasteiger partial charge >= 0.3 is 0 Å². The molecule has 2 N–H and O–H groups in total. The summed E-state index contributed by atoms with van der Waals surface area (Å²) in [6, 6.07) is 0. The Kier molecular flexibility index (Phi) is 2.86. The van der Waals surface area contributed by atoms with Crippen LogP contribution in [0.25, 0.3) is 0 Å². The molecule has 2 heterocycles. The van der Waals surface area contributed by atoms with E-state index in [4.69, 9.17) is 0 Å². The molecule has 0 aliphatic rings. The number of hydrogen-bond donors (Lipinski definition) is 2. The van der Waals surface area contributed by atoms with Crippen molar-refractivity contribution in [3.05, 3.63) is 24.2 Å². The van der Waals surface area contributed by atoms with E-state index in [1.54, 1.807) is 25.6 Å². The summed E-state index contributed by atoms with van der Waals surface area (Å²) in [7, 11) is 1.80. The van der Waals surface area contributed by atoms with Gasteiger partial charge in [-0.25, -0.2) is 15.0 Å². The van der Waals surface area contributed by atoms with Crippen LogP contribution in [-0.4, -0.2) is 27.0 Å². The Bertz CT molecular complexity index is 440. The summed E-state index contributed by atoms with van der Waals surface area (Å²) in [4.78, 5) is 15.6. The van der Waals surface area contributed by atoms with E-state index in [2.05, 4.69) is 25.3 Å². The molecular weight excluding hydrogens is 210 g/mol. The first kappa shape index (κ1) is 9.97. The molecule has 0 unspecified atom stereocenters. The Balaban J connectivity index is 2.27. The number of nitrogens with zero attached hydrogens (tertiary/aromatic N) is 3. The SMILES string of the molecule is CNc1ncc(C)c(Sc2ncc[nH]2)n1. The fraction of sp³-hybridized carbons (Fsp3) is 0.222. The lowest BCUT2D eigenvalue weighted by molar-refractivity contribution is 0.987. The van der Waals surface area contributed by atoms with Crippen molar-refractivity contribution in [2.75, 3.05) is 12.4 Å². The van der Waals surface area contributed by atoms with Crippen molar-refractivity contribution in [2.24, 2.45) is 0 Å². The van der Waals surface area contributed by atoms with Crippen molar-refractivity contribution in [2.45, 2.75) is 17.1 Å². The van der Waals surface area contributed by atoms with Gasteiger partial charge in [-0.1, -0.05) is 0 Å². The first-order chi connectivity index (χ1) is 7.29. The average Bonchev–Trinajstić information content (AvgIpc) is 2.74. The van der Waals surface area contributed by atoms with Crippen LogP contribution >= 0.6 is 11.8 Å². The van der Waals surface area contributed by atoms with Crippen LogP contribution in [0.5, 0.6) is 0 Å². The minimum atomic E-state index is 0.620. The second kappa shape index (κ2) is 4.31. The second-order valence-corrected chi connectivity index (χ2v) is 3.91. The number of anilines is 1. The van der Waals surface area contributed by atoms with Crippen LogP contribution in [0.2, 0.25) is 0 Å². The van der Waals surface area contributed by atoms with Gasteiger partial charge in [0.1, 0.15) is 5.03 Å². The lowest BCUT2D eigenvalue weighted by Crippen LogP contribution is -1.98. The van der Waals surface area contributed by atoms with Crippen LogP contribution in [0, 0.1) is 6.92 Å². The molecule has 0 radical (unpaired) electrons. The van der Waals surface area contributed by atoms with E-state index < -0.39 is 0 Å². The van der Waals surface area contributed by atoms with Crippen molar-refractivity contribution < 1.29 is 0 Å². The zero-order chi connectivity index (χ0) is 10.7. The van der Waals surface area contributed by atoms with Crippen LogP contribution in [0.4, 0.5) is 5.95 Å². The van der Waals surface area contributed by atoms with Crippen LogP contribution < -0.4 is 5.32 Å². The number of aromatic nitrogens is 4. The van der Waals surface area contributed by atoms with E-state index >= 15 is 0 Å². The number of rotatable bonds is 3. The highest BCUT2D eigenvalue weighted by Gasteiger charge is 2.06. The molecule has 0 atom stereocenters. The van der Waals surface area contributed by atoms with Gasteiger partial charge in [-0.2, -0.15) is 0 Å². The highest BCUT2D eigenvalue weighted by Crippen LogP contribution is 2.25. The van der Waals surface area contributed by atoms with Crippen molar-refractivity contribution >= 4 is 17.7 Å². The first-order valence-corrected chi connectivity index (χ1v) is 5.30. The Labute approximate surface area is 91.8 Å². The zero-order valence-electron chi connectivity index (χ0n) is 8.48. The summed E-state index contributed by atoms with van der Waals surface area (Å²) in [6.45, 7) is 1.98. The van der Waals surface area contributed by atoms with Crippen LogP contribution in [0.15, 0.2) is 28.8 Å². The van der Waals surface area contributed by atoms with Gasteiger partial charge in [0, 0.05) is 31.2 Å². The molecule has 0 spiro atoms. The molecule has 0 amide bonds. The normalized spacial score (nSPS) is 10.3. The summed E-state index contributed by atoms with van der Waals surface area (Å²) in [5, 5.41) is 4.65. The van der Waals surface area contributed by atoms with E-state index in [0.29, 0.717) is 5.95 Å². The van der Waals surface area contributed by atoms with Crippen LogP contribution in [-0.2, 0) is 0 Å². The topological polar surface area (TPSA) is 66.5 Å². The fourth-order valence-corrected chi connectivity index (χ4v) is 1.82. The third-order valence-corrected chi connectivity index (χ3v) is 2.84. The summed E-state index contributed by atoms with van der Waals surface area (Å²) in [6.07, 6.45) is 5.31. The van der Waals surface area contributed by atoms with E-state index in [1.165, 1.54) is 11.8 Å². The molecule has 2 aromatic heterocycles. The lowest BCUT2D eigenvalue weighted by atomic mass is 10.4. The molecule has 0 bridgehead atoms. The molecule has 0 fully saturated rings. The van der Waals surface area contributed by atoms with E-state index in [-0.39, 0.29) is 0 Å². The number of aryl methyl sites for hydroxylation is 1. The number of imidazole rings is 1. The monoisotopic (exact) mass is 221 g/mol. The zero-order valence-corrected chi connectivity index (χ0v) is 9.30. The lowest BCUT2D eigenvalue weighted by Gasteiger charge is -2.04. The van der Waals surface area contributed by atoms with Crippen molar-refractivity contribution in [1.82, 2.24) is 19.9 Å². The molecule has 2 rings (SSSR count). The van der Waals surface area contributed by atoms with Gasteiger partial charge < -0.3 is 10.3 Å². The quantitative estimate of drug-likeness (QED) is 0.772. The third kappa shape index (κ3) is 2.27. The third-order valence-electron chi connectivity index (χ3n) is 1.82. The standard InChI is InChI=1S/C9H11N5S/c1-6-5-13-8(10-2)14-7(6)15-9-11-3-4-12-9/h3-5H,1-2H3,(H,11,12)(H,10,13,14). The predicted molar refractivity (Wildman–Crippen MR) is 59.0 cm³/mol. The molecule has 0 saturated heterocycles. The molecule has 6 heteroatoms.